The number of fused-ring (bicyclic) bond motifs is 5. The first kappa shape index (κ1) is 33.2. The molecule has 10 nitrogen and oxygen atoms in total. The van der Waals surface area contributed by atoms with E-state index in [1.807, 2.05) is 12.1 Å². The molecule has 5 unspecified atom stereocenters. The van der Waals surface area contributed by atoms with Crippen LogP contribution in [0.2, 0.25) is 0 Å². The number of hydrogen-bond donors (Lipinski definition) is 2. The summed E-state index contributed by atoms with van der Waals surface area (Å²) in [5.41, 5.74) is 0.815. The summed E-state index contributed by atoms with van der Waals surface area (Å²) in [6.07, 6.45) is 14.3. The topological polar surface area (TPSA) is 119 Å². The van der Waals surface area contributed by atoms with E-state index in [4.69, 9.17) is 23.8 Å². The average molecular weight is 653 g/mol. The van der Waals surface area contributed by atoms with Gasteiger partial charge in [0.15, 0.2) is 11.8 Å². The number of allylic oxidation sites excluding steroid dienone is 1. The Balaban J connectivity index is 1.15. The summed E-state index contributed by atoms with van der Waals surface area (Å²) in [6, 6.07) is 7.28. The maximum Gasteiger partial charge on any atom is 0.327 e. The molecule has 2 N–H and O–H groups in total. The maximum atomic E-state index is 14.1. The second kappa shape index (κ2) is 13.9. The summed E-state index contributed by atoms with van der Waals surface area (Å²) in [6.45, 7) is 4.55. The number of aliphatic hydroxyl groups excluding tert-OH is 1. The van der Waals surface area contributed by atoms with E-state index in [1.54, 1.807) is 5.06 Å². The largest absolute Gasteiger partial charge is 0.458 e. The summed E-state index contributed by atoms with van der Waals surface area (Å²) >= 11 is 0. The average Bonchev–Trinajstić information content (AvgIpc) is 3.62. The van der Waals surface area contributed by atoms with Crippen LogP contribution in [0.3, 0.4) is 0 Å². The highest BCUT2D eigenvalue weighted by Gasteiger charge is 2.76. The Morgan fingerprint density at radius 2 is 1.83 bits per heavy atom. The van der Waals surface area contributed by atoms with Gasteiger partial charge in [-0.3, -0.25) is 14.4 Å². The predicted molar refractivity (Wildman–Crippen MR) is 173 cm³/mol. The van der Waals surface area contributed by atoms with E-state index in [2.05, 4.69) is 43.4 Å². The van der Waals surface area contributed by atoms with Crippen LogP contribution in [0.15, 0.2) is 30.3 Å². The number of benzene rings is 1. The first-order chi connectivity index (χ1) is 22.9. The highest BCUT2D eigenvalue weighted by Crippen LogP contribution is 2.58. The molecule has 2 aliphatic carbocycles. The minimum Gasteiger partial charge on any atom is -0.458 e. The van der Waals surface area contributed by atoms with Crippen LogP contribution in [0, 0.1) is 11.3 Å². The smallest absolute Gasteiger partial charge is 0.327 e. The van der Waals surface area contributed by atoms with Gasteiger partial charge < -0.3 is 29.4 Å². The number of amides is 1. The third-order valence-corrected chi connectivity index (χ3v) is 11.3. The molecule has 9 atom stereocenters. The van der Waals surface area contributed by atoms with Crippen LogP contribution in [0.25, 0.3) is 6.08 Å². The third kappa shape index (κ3) is 6.42. The Bertz CT molecular complexity index is 1310. The van der Waals surface area contributed by atoms with Crippen LogP contribution in [0.4, 0.5) is 0 Å². The lowest BCUT2D eigenvalue weighted by Crippen LogP contribution is -2.69. The summed E-state index contributed by atoms with van der Waals surface area (Å²) in [4.78, 5) is 34.8. The minimum absolute atomic E-state index is 0.0894. The van der Waals surface area contributed by atoms with Gasteiger partial charge in [-0.15, -0.1) is 0 Å². The normalized spacial score (nSPS) is 36.6. The number of nitrogens with one attached hydrogen (secondary N) is 1. The summed E-state index contributed by atoms with van der Waals surface area (Å²) in [7, 11) is 0. The zero-order valence-electron chi connectivity index (χ0n) is 27.9. The second-order valence-corrected chi connectivity index (χ2v) is 14.6. The van der Waals surface area contributed by atoms with Crippen LogP contribution >= 0.6 is 0 Å². The van der Waals surface area contributed by atoms with Crippen molar-refractivity contribution in [1.82, 2.24) is 10.4 Å². The van der Waals surface area contributed by atoms with Crippen molar-refractivity contribution in [3.05, 3.63) is 41.5 Å². The van der Waals surface area contributed by atoms with Crippen molar-refractivity contribution in [2.75, 3.05) is 13.2 Å². The molecule has 0 spiro atoms. The number of hydroxylamine groups is 2. The molecule has 1 amide bonds. The number of hydrogen-bond acceptors (Lipinski definition) is 9. The SMILES string of the molecule is CCCCCC1(CCCCC)O[C@@H]2[C@H]3ON(Cc4cccc(C=CC5CCC6OC6C5)c4)[C@H]4C(=O)OC(CC34C(=O)NCCO)[C@@H]2O1. The Morgan fingerprint density at radius 3 is 2.57 bits per heavy atom. The molecular weight excluding hydrogens is 600 g/mol. The fraction of sp³-hybridized carbons (Fsp3) is 0.730. The lowest BCUT2D eigenvalue weighted by atomic mass is 9.62. The van der Waals surface area contributed by atoms with Gasteiger partial charge in [-0.2, -0.15) is 5.06 Å². The Morgan fingerprint density at radius 1 is 1.04 bits per heavy atom. The molecule has 7 rings (SSSR count). The van der Waals surface area contributed by atoms with Gasteiger partial charge in [0.1, 0.15) is 29.8 Å². The molecule has 6 fully saturated rings. The molecule has 0 aromatic heterocycles. The van der Waals surface area contributed by atoms with Gasteiger partial charge in [-0.05, 0) is 49.1 Å². The molecule has 258 valence electrons. The van der Waals surface area contributed by atoms with Crippen molar-refractivity contribution in [2.24, 2.45) is 11.3 Å². The van der Waals surface area contributed by atoms with Crippen molar-refractivity contribution >= 4 is 18.0 Å². The molecule has 47 heavy (non-hydrogen) atoms. The van der Waals surface area contributed by atoms with Crippen molar-refractivity contribution < 1.29 is 38.5 Å². The monoisotopic (exact) mass is 652 g/mol. The molecule has 1 aromatic rings. The zero-order chi connectivity index (χ0) is 32.6. The standard InChI is InChI=1S/C37H52N2O8/c1-3-5-7-16-36(17-8-6-4-2)45-30-29-22-37(35(42)38-18-19-40)32(34(41)44-29)39(47-33(37)31(30)46-36)23-26-11-9-10-24(20-26)12-13-25-14-15-27-28(21-25)43-27/h9-13,20,25,27-33,40H,3-8,14-19,21-23H2,1-2H3,(H,38,42)/t25?,27?,28?,29?,30-,31-,32-,33+,37?/m0/s1. The van der Waals surface area contributed by atoms with Gasteiger partial charge >= 0.3 is 5.97 Å². The van der Waals surface area contributed by atoms with Gasteiger partial charge in [0.05, 0.1) is 25.4 Å². The van der Waals surface area contributed by atoms with Gasteiger partial charge in [-0.1, -0.05) is 75.9 Å². The number of carbonyl (C=O) groups excluding carboxylic acids is 2. The van der Waals surface area contributed by atoms with Crippen molar-refractivity contribution in [3.8, 4) is 0 Å². The van der Waals surface area contributed by atoms with E-state index < -0.39 is 47.6 Å². The quantitative estimate of drug-likeness (QED) is 0.156. The summed E-state index contributed by atoms with van der Waals surface area (Å²) in [5, 5.41) is 14.1. The lowest BCUT2D eigenvalue weighted by molar-refractivity contribution is -0.224. The third-order valence-electron chi connectivity index (χ3n) is 11.3. The van der Waals surface area contributed by atoms with Crippen LogP contribution in [-0.4, -0.2) is 83.7 Å². The van der Waals surface area contributed by atoms with Crippen LogP contribution < -0.4 is 5.32 Å². The first-order valence-corrected chi connectivity index (χ1v) is 18.2. The molecule has 6 aliphatic rings. The minimum atomic E-state index is -1.23. The molecule has 1 aromatic carbocycles. The molecule has 0 radical (unpaired) electrons. The predicted octanol–water partition coefficient (Wildman–Crippen LogP) is 4.82. The fourth-order valence-electron chi connectivity index (χ4n) is 8.86. The lowest BCUT2D eigenvalue weighted by Gasteiger charge is -2.48. The van der Waals surface area contributed by atoms with E-state index in [9.17, 15) is 14.7 Å². The van der Waals surface area contributed by atoms with E-state index in [0.29, 0.717) is 24.7 Å². The van der Waals surface area contributed by atoms with Gasteiger partial charge in [0.25, 0.3) is 0 Å². The zero-order valence-corrected chi connectivity index (χ0v) is 27.9. The van der Waals surface area contributed by atoms with E-state index in [-0.39, 0.29) is 25.5 Å². The molecular formula is C37H52N2O8. The maximum absolute atomic E-state index is 14.1. The van der Waals surface area contributed by atoms with Crippen molar-refractivity contribution in [1.29, 1.82) is 0 Å². The molecule has 2 saturated carbocycles. The van der Waals surface area contributed by atoms with Crippen LogP contribution in [0.1, 0.15) is 102 Å². The first-order valence-electron chi connectivity index (χ1n) is 18.2. The molecule has 10 heteroatoms. The van der Waals surface area contributed by atoms with E-state index in [0.717, 1.165) is 81.8 Å². The van der Waals surface area contributed by atoms with Crippen molar-refractivity contribution in [2.45, 2.75) is 146 Å². The van der Waals surface area contributed by atoms with Gasteiger partial charge in [-0.25, -0.2) is 0 Å². The Labute approximate surface area is 278 Å². The summed E-state index contributed by atoms with van der Waals surface area (Å²) < 4.78 is 25.6. The van der Waals surface area contributed by atoms with Crippen LogP contribution in [0.5, 0.6) is 0 Å². The van der Waals surface area contributed by atoms with E-state index >= 15 is 0 Å². The summed E-state index contributed by atoms with van der Waals surface area (Å²) in [5.74, 6) is -1.07. The number of carbonyl (C=O) groups is 2. The number of epoxide rings is 1. The number of unbranched alkanes of at least 4 members (excludes halogenated alkanes) is 4. The number of aliphatic hydroxyl groups is 1. The van der Waals surface area contributed by atoms with Crippen LogP contribution in [-0.2, 0) is 39.9 Å². The Hall–Kier alpha value is -2.34. The van der Waals surface area contributed by atoms with E-state index in [1.165, 1.54) is 0 Å². The molecule has 4 saturated heterocycles. The number of ether oxygens (including phenoxy) is 4. The molecule has 4 heterocycles. The Kier molecular flexibility index (Phi) is 9.80. The van der Waals surface area contributed by atoms with Gasteiger partial charge in [0, 0.05) is 25.8 Å². The molecule has 2 bridgehead atoms. The number of nitrogens with zero attached hydrogens (tertiary/aromatic N) is 1. The fourth-order valence-corrected chi connectivity index (χ4v) is 8.86. The van der Waals surface area contributed by atoms with Crippen molar-refractivity contribution in [3.63, 3.8) is 0 Å². The number of rotatable bonds is 15. The second-order valence-electron chi connectivity index (χ2n) is 14.6. The molecule has 4 aliphatic heterocycles. The van der Waals surface area contributed by atoms with Gasteiger partial charge in [0.2, 0.25) is 5.91 Å². The highest BCUT2D eigenvalue weighted by atomic mass is 16.8. The highest BCUT2D eigenvalue weighted by molar-refractivity contribution is 5.93. The number of esters is 1.